The summed E-state index contributed by atoms with van der Waals surface area (Å²) in [7, 11) is 0. The van der Waals surface area contributed by atoms with Crippen LogP contribution in [-0.4, -0.2) is 43.2 Å². The van der Waals surface area contributed by atoms with Crippen LogP contribution in [0.2, 0.25) is 0 Å². The van der Waals surface area contributed by atoms with Crippen molar-refractivity contribution in [3.8, 4) is 11.6 Å². The van der Waals surface area contributed by atoms with Crippen LogP contribution < -0.4 is 5.32 Å². The second kappa shape index (κ2) is 5.06. The zero-order valence-corrected chi connectivity index (χ0v) is 11.2. The van der Waals surface area contributed by atoms with Crippen molar-refractivity contribution in [1.29, 1.82) is 0 Å². The molecule has 0 aliphatic carbocycles. The Kier molecular flexibility index (Phi) is 2.93. The highest BCUT2D eigenvalue weighted by atomic mass is 16.5. The van der Waals surface area contributed by atoms with Crippen LogP contribution >= 0.6 is 0 Å². The number of hydrogen-bond acceptors (Lipinski definition) is 7. The molecule has 0 saturated carbocycles. The second-order valence-corrected chi connectivity index (χ2v) is 4.95. The highest BCUT2D eigenvalue weighted by Crippen LogP contribution is 2.17. The molecule has 0 aromatic carbocycles. The van der Waals surface area contributed by atoms with Crippen molar-refractivity contribution < 1.29 is 4.52 Å². The molecule has 0 radical (unpaired) electrons. The molecule has 0 unspecified atom stereocenters. The molecule has 8 nitrogen and oxygen atoms in total. The van der Waals surface area contributed by atoms with Gasteiger partial charge in [0.1, 0.15) is 0 Å². The first-order valence-corrected chi connectivity index (χ1v) is 6.73. The molecule has 1 aliphatic heterocycles. The summed E-state index contributed by atoms with van der Waals surface area (Å²) in [4.78, 5) is 8.42. The Balaban J connectivity index is 1.52. The number of rotatable bonds is 4. The first-order chi connectivity index (χ1) is 10.4. The number of hydrogen-bond donors (Lipinski definition) is 1. The molecule has 1 N–H and O–H groups in total. The second-order valence-electron chi connectivity index (χ2n) is 4.95. The van der Waals surface area contributed by atoms with Crippen LogP contribution in [0.4, 0.5) is 0 Å². The third kappa shape index (κ3) is 2.40. The maximum Gasteiger partial charge on any atom is 0.280 e. The molecule has 3 aromatic rings. The molecular formula is C13H13N7O. The lowest BCUT2D eigenvalue weighted by molar-refractivity contribution is 0.313. The van der Waals surface area contributed by atoms with Gasteiger partial charge in [0.2, 0.25) is 0 Å². The summed E-state index contributed by atoms with van der Waals surface area (Å²) in [5.74, 6) is 1.00. The first kappa shape index (κ1) is 12.2. The Labute approximate surface area is 120 Å². The van der Waals surface area contributed by atoms with Crippen LogP contribution in [0.25, 0.3) is 11.6 Å². The largest absolute Gasteiger partial charge is 0.332 e. The van der Waals surface area contributed by atoms with Gasteiger partial charge in [-0.1, -0.05) is 16.4 Å². The van der Waals surface area contributed by atoms with Crippen molar-refractivity contribution in [2.75, 3.05) is 13.1 Å². The van der Waals surface area contributed by atoms with E-state index in [1.807, 2.05) is 23.0 Å². The summed E-state index contributed by atoms with van der Waals surface area (Å²) in [5.41, 5.74) is 1.64. The van der Waals surface area contributed by atoms with E-state index in [1.54, 1.807) is 12.4 Å². The van der Waals surface area contributed by atoms with Gasteiger partial charge in [0.25, 0.3) is 5.89 Å². The zero-order valence-electron chi connectivity index (χ0n) is 11.2. The molecule has 0 spiro atoms. The summed E-state index contributed by atoms with van der Waals surface area (Å²) in [6.07, 6.45) is 5.94. The van der Waals surface area contributed by atoms with Gasteiger partial charge in [-0.25, -0.2) is 4.68 Å². The van der Waals surface area contributed by atoms with Crippen LogP contribution in [0.1, 0.15) is 17.4 Å². The molecule has 0 atom stereocenters. The minimum Gasteiger partial charge on any atom is -0.332 e. The van der Waals surface area contributed by atoms with Gasteiger partial charge in [-0.15, -0.1) is 5.10 Å². The fraction of sp³-hybridized carbons (Fsp3) is 0.308. The summed E-state index contributed by atoms with van der Waals surface area (Å²) in [6.45, 7) is 1.83. The van der Waals surface area contributed by atoms with E-state index < -0.39 is 0 Å². The van der Waals surface area contributed by atoms with Crippen LogP contribution in [0.15, 0.2) is 35.2 Å². The molecule has 0 bridgehead atoms. The SMILES string of the molecule is c1cncc(Cc2noc(-c3cn(C4CNC4)nn3)n2)c1. The van der Waals surface area contributed by atoms with Crippen molar-refractivity contribution in [2.24, 2.45) is 0 Å². The molecule has 3 aromatic heterocycles. The minimum atomic E-state index is 0.365. The van der Waals surface area contributed by atoms with Crippen molar-refractivity contribution in [3.63, 3.8) is 0 Å². The van der Waals surface area contributed by atoms with E-state index in [-0.39, 0.29) is 0 Å². The van der Waals surface area contributed by atoms with Crippen molar-refractivity contribution in [2.45, 2.75) is 12.5 Å². The Morgan fingerprint density at radius 1 is 1.38 bits per heavy atom. The third-order valence-corrected chi connectivity index (χ3v) is 3.42. The van der Waals surface area contributed by atoms with Gasteiger partial charge in [0, 0.05) is 31.9 Å². The predicted octanol–water partition coefficient (Wildman–Crippen LogP) is 0.458. The summed E-state index contributed by atoms with van der Waals surface area (Å²) >= 11 is 0. The highest BCUT2D eigenvalue weighted by molar-refractivity contribution is 5.43. The number of pyridine rings is 1. The van der Waals surface area contributed by atoms with Gasteiger partial charge < -0.3 is 9.84 Å². The highest BCUT2D eigenvalue weighted by Gasteiger charge is 2.21. The van der Waals surface area contributed by atoms with E-state index >= 15 is 0 Å². The minimum absolute atomic E-state index is 0.365. The average Bonchev–Trinajstić information content (AvgIpc) is 3.07. The Morgan fingerprint density at radius 3 is 3.10 bits per heavy atom. The summed E-state index contributed by atoms with van der Waals surface area (Å²) in [5, 5.41) is 15.4. The molecule has 1 aliphatic rings. The van der Waals surface area contributed by atoms with Crippen molar-refractivity contribution in [1.82, 2.24) is 35.4 Å². The van der Waals surface area contributed by atoms with Crippen LogP contribution in [0.3, 0.4) is 0 Å². The number of aromatic nitrogens is 6. The van der Waals surface area contributed by atoms with Gasteiger partial charge in [0.05, 0.1) is 12.2 Å². The Hall–Kier alpha value is -2.61. The standard InChI is InChI=1S/C13H13N7O/c1-2-9(5-14-3-1)4-12-16-13(21-18-12)11-8-20(19-17-11)10-6-15-7-10/h1-3,5,8,10,15H,4,6-7H2. The lowest BCUT2D eigenvalue weighted by Gasteiger charge is -2.26. The Morgan fingerprint density at radius 2 is 2.33 bits per heavy atom. The van der Waals surface area contributed by atoms with Gasteiger partial charge in [-0.2, -0.15) is 4.98 Å². The lowest BCUT2D eigenvalue weighted by Crippen LogP contribution is -2.43. The molecule has 4 rings (SSSR count). The van der Waals surface area contributed by atoms with Crippen LogP contribution in [0, 0.1) is 0 Å². The summed E-state index contributed by atoms with van der Waals surface area (Å²) in [6, 6.07) is 4.22. The molecule has 8 heteroatoms. The molecule has 4 heterocycles. The molecule has 21 heavy (non-hydrogen) atoms. The smallest absolute Gasteiger partial charge is 0.280 e. The average molecular weight is 283 g/mol. The molecule has 1 saturated heterocycles. The van der Waals surface area contributed by atoms with Gasteiger partial charge in [0.15, 0.2) is 11.5 Å². The van der Waals surface area contributed by atoms with E-state index in [1.165, 1.54) is 0 Å². The van der Waals surface area contributed by atoms with Crippen LogP contribution in [-0.2, 0) is 6.42 Å². The molecular weight excluding hydrogens is 270 g/mol. The summed E-state index contributed by atoms with van der Waals surface area (Å²) < 4.78 is 7.08. The van der Waals surface area contributed by atoms with Crippen molar-refractivity contribution >= 4 is 0 Å². The Bertz CT molecular complexity index is 732. The number of nitrogens with zero attached hydrogens (tertiary/aromatic N) is 6. The van der Waals surface area contributed by atoms with E-state index in [2.05, 4.69) is 30.8 Å². The predicted molar refractivity (Wildman–Crippen MR) is 72.3 cm³/mol. The molecule has 0 amide bonds. The molecule has 1 fully saturated rings. The van der Waals surface area contributed by atoms with Gasteiger partial charge >= 0.3 is 0 Å². The topological polar surface area (TPSA) is 94.6 Å². The number of nitrogens with one attached hydrogen (secondary N) is 1. The van der Waals surface area contributed by atoms with E-state index in [0.717, 1.165) is 18.7 Å². The fourth-order valence-electron chi connectivity index (χ4n) is 2.13. The van der Waals surface area contributed by atoms with E-state index in [0.29, 0.717) is 29.9 Å². The normalized spacial score (nSPS) is 15.0. The van der Waals surface area contributed by atoms with E-state index in [4.69, 9.17) is 4.52 Å². The van der Waals surface area contributed by atoms with Gasteiger partial charge in [-0.05, 0) is 11.6 Å². The maximum absolute atomic E-state index is 5.25. The van der Waals surface area contributed by atoms with Crippen LogP contribution in [0.5, 0.6) is 0 Å². The fourth-order valence-corrected chi connectivity index (χ4v) is 2.13. The molecule has 106 valence electrons. The van der Waals surface area contributed by atoms with Gasteiger partial charge in [-0.3, -0.25) is 4.98 Å². The monoisotopic (exact) mass is 283 g/mol. The first-order valence-electron chi connectivity index (χ1n) is 6.73. The maximum atomic E-state index is 5.25. The van der Waals surface area contributed by atoms with Crippen molar-refractivity contribution in [3.05, 3.63) is 42.1 Å². The van der Waals surface area contributed by atoms with E-state index in [9.17, 15) is 0 Å². The third-order valence-electron chi connectivity index (χ3n) is 3.42. The lowest BCUT2D eigenvalue weighted by atomic mass is 10.2. The quantitative estimate of drug-likeness (QED) is 0.743. The zero-order chi connectivity index (χ0) is 14.1.